The fourth-order valence-electron chi connectivity index (χ4n) is 3.19. The fraction of sp³-hybridized carbons (Fsp3) is 0.455. The standard InChI is InChI=1S/C22H27NO2S/c1-15(2)25-21(24)17-7-9-18(23-14-17)8-5-16-6-10-20-19(13-16)22(3,4)11-12-26-20/h6-7,9-10,13-15H,5,8,11-12H2,1-4H3. The molecule has 0 bridgehead atoms. The quantitative estimate of drug-likeness (QED) is 0.679. The lowest BCUT2D eigenvalue weighted by atomic mass is 9.81. The van der Waals surface area contributed by atoms with Crippen LogP contribution in [0.15, 0.2) is 41.4 Å². The Morgan fingerprint density at radius 2 is 2.04 bits per heavy atom. The minimum Gasteiger partial charge on any atom is -0.459 e. The predicted octanol–water partition coefficient (Wildman–Crippen LogP) is 5.21. The maximum atomic E-state index is 11.9. The number of thioether (sulfide) groups is 1. The molecule has 0 fully saturated rings. The Morgan fingerprint density at radius 3 is 2.73 bits per heavy atom. The minimum absolute atomic E-state index is 0.117. The van der Waals surface area contributed by atoms with E-state index in [-0.39, 0.29) is 17.5 Å². The molecule has 2 heterocycles. The lowest BCUT2D eigenvalue weighted by Crippen LogP contribution is -2.22. The van der Waals surface area contributed by atoms with Crippen LogP contribution in [0.3, 0.4) is 0 Å². The van der Waals surface area contributed by atoms with E-state index in [2.05, 4.69) is 37.0 Å². The first kappa shape index (κ1) is 19.0. The average molecular weight is 370 g/mol. The second kappa shape index (κ2) is 7.83. The van der Waals surface area contributed by atoms with Crippen molar-refractivity contribution < 1.29 is 9.53 Å². The molecule has 0 aliphatic carbocycles. The van der Waals surface area contributed by atoms with Crippen molar-refractivity contribution >= 4 is 17.7 Å². The molecule has 1 aromatic carbocycles. The normalized spacial score (nSPS) is 15.6. The van der Waals surface area contributed by atoms with Gasteiger partial charge in [-0.25, -0.2) is 4.79 Å². The summed E-state index contributed by atoms with van der Waals surface area (Å²) >= 11 is 1.97. The molecule has 1 aliphatic rings. The van der Waals surface area contributed by atoms with E-state index in [0.29, 0.717) is 5.56 Å². The Balaban J connectivity index is 1.65. The van der Waals surface area contributed by atoms with Crippen LogP contribution in [0.4, 0.5) is 0 Å². The summed E-state index contributed by atoms with van der Waals surface area (Å²) in [6.45, 7) is 8.37. The third-order valence-corrected chi connectivity index (χ3v) is 5.91. The molecule has 0 saturated heterocycles. The summed E-state index contributed by atoms with van der Waals surface area (Å²) in [6, 6.07) is 10.6. The van der Waals surface area contributed by atoms with Crippen molar-refractivity contribution in [2.45, 2.75) is 63.4 Å². The SMILES string of the molecule is CC(C)OC(=O)c1ccc(CCc2ccc3c(c2)C(C)(C)CCS3)nc1. The monoisotopic (exact) mass is 369 g/mol. The Bertz CT molecular complexity index is 781. The van der Waals surface area contributed by atoms with Crippen LogP contribution < -0.4 is 0 Å². The molecular formula is C22H27NO2S. The lowest BCUT2D eigenvalue weighted by molar-refractivity contribution is 0.0377. The molecule has 26 heavy (non-hydrogen) atoms. The number of esters is 1. The summed E-state index contributed by atoms with van der Waals surface area (Å²) in [4.78, 5) is 17.7. The first-order valence-electron chi connectivity index (χ1n) is 9.27. The van der Waals surface area contributed by atoms with Gasteiger partial charge in [-0.3, -0.25) is 4.98 Å². The van der Waals surface area contributed by atoms with E-state index < -0.39 is 0 Å². The van der Waals surface area contributed by atoms with Crippen LogP contribution in [0.25, 0.3) is 0 Å². The van der Waals surface area contributed by atoms with Gasteiger partial charge >= 0.3 is 5.97 Å². The number of ether oxygens (including phenoxy) is 1. The smallest absolute Gasteiger partial charge is 0.339 e. The van der Waals surface area contributed by atoms with Gasteiger partial charge in [-0.2, -0.15) is 0 Å². The van der Waals surface area contributed by atoms with Gasteiger partial charge in [0.2, 0.25) is 0 Å². The van der Waals surface area contributed by atoms with Gasteiger partial charge in [0.1, 0.15) is 0 Å². The summed E-state index contributed by atoms with van der Waals surface area (Å²) in [7, 11) is 0. The molecule has 0 radical (unpaired) electrons. The molecule has 0 saturated carbocycles. The summed E-state index contributed by atoms with van der Waals surface area (Å²) in [5, 5.41) is 0. The molecular weight excluding hydrogens is 342 g/mol. The van der Waals surface area contributed by atoms with Crippen molar-refractivity contribution in [1.29, 1.82) is 0 Å². The van der Waals surface area contributed by atoms with Gasteiger partial charge in [-0.05, 0) is 73.6 Å². The third kappa shape index (κ3) is 4.47. The third-order valence-electron chi connectivity index (χ3n) is 4.83. The van der Waals surface area contributed by atoms with Gasteiger partial charge in [0.05, 0.1) is 11.7 Å². The number of pyridine rings is 1. The maximum Gasteiger partial charge on any atom is 0.339 e. The van der Waals surface area contributed by atoms with Crippen LogP contribution in [0, 0.1) is 0 Å². The molecule has 2 aromatic rings. The molecule has 1 aliphatic heterocycles. The molecule has 3 nitrogen and oxygen atoms in total. The van der Waals surface area contributed by atoms with Crippen molar-refractivity contribution in [3.8, 4) is 0 Å². The first-order valence-corrected chi connectivity index (χ1v) is 10.3. The zero-order valence-corrected chi connectivity index (χ0v) is 16.9. The zero-order chi connectivity index (χ0) is 18.7. The topological polar surface area (TPSA) is 39.2 Å². The summed E-state index contributed by atoms with van der Waals surface area (Å²) in [5.41, 5.74) is 4.59. The van der Waals surface area contributed by atoms with E-state index in [1.54, 1.807) is 12.3 Å². The van der Waals surface area contributed by atoms with Crippen LogP contribution in [-0.4, -0.2) is 22.8 Å². The largest absolute Gasteiger partial charge is 0.459 e. The number of carbonyl (C=O) groups is 1. The van der Waals surface area contributed by atoms with Crippen LogP contribution in [0.1, 0.15) is 61.3 Å². The van der Waals surface area contributed by atoms with Crippen molar-refractivity contribution in [1.82, 2.24) is 4.98 Å². The van der Waals surface area contributed by atoms with Crippen molar-refractivity contribution in [2.24, 2.45) is 0 Å². The van der Waals surface area contributed by atoms with Gasteiger partial charge in [0.25, 0.3) is 0 Å². The maximum absolute atomic E-state index is 11.9. The number of nitrogens with zero attached hydrogens (tertiary/aromatic N) is 1. The number of carbonyl (C=O) groups excluding carboxylic acids is 1. The second-order valence-electron chi connectivity index (χ2n) is 7.81. The number of hydrogen-bond acceptors (Lipinski definition) is 4. The number of fused-ring (bicyclic) bond motifs is 1. The van der Waals surface area contributed by atoms with E-state index in [1.807, 2.05) is 31.7 Å². The molecule has 0 atom stereocenters. The highest BCUT2D eigenvalue weighted by Gasteiger charge is 2.27. The van der Waals surface area contributed by atoms with Crippen LogP contribution in [0.5, 0.6) is 0 Å². The number of aromatic nitrogens is 1. The molecule has 4 heteroatoms. The Hall–Kier alpha value is -1.81. The molecule has 138 valence electrons. The Labute approximate surface area is 160 Å². The minimum atomic E-state index is -0.312. The van der Waals surface area contributed by atoms with Gasteiger partial charge in [-0.15, -0.1) is 11.8 Å². The van der Waals surface area contributed by atoms with E-state index in [4.69, 9.17) is 4.74 Å². The number of hydrogen-bond donors (Lipinski definition) is 0. The molecule has 0 N–H and O–H groups in total. The molecule has 0 amide bonds. The Morgan fingerprint density at radius 1 is 1.23 bits per heavy atom. The second-order valence-corrected chi connectivity index (χ2v) is 8.94. The van der Waals surface area contributed by atoms with Crippen LogP contribution in [0.2, 0.25) is 0 Å². The van der Waals surface area contributed by atoms with Crippen LogP contribution in [-0.2, 0) is 23.0 Å². The van der Waals surface area contributed by atoms with Gasteiger partial charge in [0.15, 0.2) is 0 Å². The number of rotatable bonds is 5. The summed E-state index contributed by atoms with van der Waals surface area (Å²) in [6.07, 6.45) is 4.55. The number of aryl methyl sites for hydroxylation is 2. The highest BCUT2D eigenvalue weighted by Crippen LogP contribution is 2.41. The highest BCUT2D eigenvalue weighted by atomic mass is 32.2. The van der Waals surface area contributed by atoms with Crippen molar-refractivity contribution in [3.05, 3.63) is 58.9 Å². The lowest BCUT2D eigenvalue weighted by Gasteiger charge is -2.32. The summed E-state index contributed by atoms with van der Waals surface area (Å²) < 4.78 is 5.20. The Kier molecular flexibility index (Phi) is 5.71. The molecule has 3 rings (SSSR count). The van der Waals surface area contributed by atoms with E-state index in [0.717, 1.165) is 18.5 Å². The van der Waals surface area contributed by atoms with Gasteiger partial charge in [0, 0.05) is 16.8 Å². The van der Waals surface area contributed by atoms with Crippen molar-refractivity contribution in [3.63, 3.8) is 0 Å². The predicted molar refractivity (Wildman–Crippen MR) is 107 cm³/mol. The van der Waals surface area contributed by atoms with E-state index >= 15 is 0 Å². The fourth-order valence-corrected chi connectivity index (χ4v) is 4.67. The van der Waals surface area contributed by atoms with Crippen LogP contribution >= 0.6 is 11.8 Å². The van der Waals surface area contributed by atoms with Crippen molar-refractivity contribution in [2.75, 3.05) is 5.75 Å². The number of benzene rings is 1. The van der Waals surface area contributed by atoms with E-state index in [9.17, 15) is 4.79 Å². The van der Waals surface area contributed by atoms with Gasteiger partial charge < -0.3 is 4.74 Å². The van der Waals surface area contributed by atoms with Gasteiger partial charge in [-0.1, -0.05) is 26.0 Å². The molecule has 0 spiro atoms. The zero-order valence-electron chi connectivity index (χ0n) is 16.0. The van der Waals surface area contributed by atoms with E-state index in [1.165, 1.54) is 28.2 Å². The highest BCUT2D eigenvalue weighted by molar-refractivity contribution is 7.99. The summed E-state index contributed by atoms with van der Waals surface area (Å²) in [5.74, 6) is 0.892. The first-order chi connectivity index (χ1) is 12.3. The average Bonchev–Trinajstić information content (AvgIpc) is 2.60. The molecule has 0 unspecified atom stereocenters. The molecule has 1 aromatic heterocycles.